The van der Waals surface area contributed by atoms with Crippen LogP contribution in [0.1, 0.15) is 5.56 Å². The van der Waals surface area contributed by atoms with Crippen molar-refractivity contribution in [3.63, 3.8) is 0 Å². The normalized spacial score (nSPS) is 10.8. The number of hydrogen-bond donors (Lipinski definition) is 1. The monoisotopic (exact) mass is 180 g/mol. The lowest BCUT2D eigenvalue weighted by molar-refractivity contribution is 1.03. The number of nitrogens with zero attached hydrogens (tertiary/aromatic N) is 1. The molecule has 0 spiro atoms. The molecule has 0 aliphatic heterocycles. The van der Waals surface area contributed by atoms with Crippen LogP contribution in [0.3, 0.4) is 0 Å². The number of aryl methyl sites for hydroxylation is 1. The quantitative estimate of drug-likeness (QED) is 0.617. The average Bonchev–Trinajstić information content (AvgIpc) is 2.28. The van der Waals surface area contributed by atoms with Crippen LogP contribution in [0, 0.1) is 6.92 Å². The van der Waals surface area contributed by atoms with Gasteiger partial charge in [-0.1, -0.05) is 17.4 Å². The molecule has 2 aromatic rings. The number of aromatic nitrogens is 1. The minimum absolute atomic E-state index is 0.115. The standard InChI is InChI=1S/C8H8N2OS/c1-5-2-3-6-7(4-5)12-8(11)10(6)9/h2-4H,9H2,1H3. The summed E-state index contributed by atoms with van der Waals surface area (Å²) in [7, 11) is 0. The average molecular weight is 180 g/mol. The minimum Gasteiger partial charge on any atom is -0.335 e. The molecule has 12 heavy (non-hydrogen) atoms. The predicted molar refractivity (Wildman–Crippen MR) is 51.0 cm³/mol. The van der Waals surface area contributed by atoms with E-state index in [0.29, 0.717) is 0 Å². The van der Waals surface area contributed by atoms with Gasteiger partial charge in [0.1, 0.15) is 0 Å². The van der Waals surface area contributed by atoms with Crippen molar-refractivity contribution in [2.75, 3.05) is 5.84 Å². The van der Waals surface area contributed by atoms with Gasteiger partial charge in [-0.25, -0.2) is 4.68 Å². The molecule has 62 valence electrons. The van der Waals surface area contributed by atoms with Crippen LogP contribution in [0.25, 0.3) is 10.2 Å². The molecule has 0 unspecified atom stereocenters. The van der Waals surface area contributed by atoms with Gasteiger partial charge in [-0.15, -0.1) is 0 Å². The fourth-order valence-electron chi connectivity index (χ4n) is 1.14. The van der Waals surface area contributed by atoms with E-state index in [0.717, 1.165) is 15.8 Å². The Morgan fingerprint density at radius 3 is 3.00 bits per heavy atom. The molecule has 4 heteroatoms. The van der Waals surface area contributed by atoms with E-state index in [1.807, 2.05) is 25.1 Å². The molecule has 0 aliphatic carbocycles. The molecule has 0 saturated carbocycles. The summed E-state index contributed by atoms with van der Waals surface area (Å²) in [6.45, 7) is 1.99. The number of benzene rings is 1. The minimum atomic E-state index is -0.115. The highest BCUT2D eigenvalue weighted by Gasteiger charge is 2.02. The lowest BCUT2D eigenvalue weighted by Gasteiger charge is -1.93. The van der Waals surface area contributed by atoms with Crippen molar-refractivity contribution in [2.45, 2.75) is 6.92 Å². The summed E-state index contributed by atoms with van der Waals surface area (Å²) in [6.07, 6.45) is 0. The smallest absolute Gasteiger partial charge is 0.326 e. The fraction of sp³-hybridized carbons (Fsp3) is 0.125. The van der Waals surface area contributed by atoms with Crippen molar-refractivity contribution >= 4 is 21.6 Å². The molecule has 3 nitrogen and oxygen atoms in total. The molecule has 1 aromatic carbocycles. The van der Waals surface area contributed by atoms with E-state index < -0.39 is 0 Å². The summed E-state index contributed by atoms with van der Waals surface area (Å²) in [5, 5.41) is 0. The third-order valence-electron chi connectivity index (χ3n) is 1.77. The number of rotatable bonds is 0. The number of nitrogens with two attached hydrogens (primary N) is 1. The Morgan fingerprint density at radius 1 is 1.50 bits per heavy atom. The van der Waals surface area contributed by atoms with Gasteiger partial charge >= 0.3 is 4.87 Å². The Labute approximate surface area is 73.0 Å². The maximum Gasteiger partial charge on any atom is 0.326 e. The SMILES string of the molecule is Cc1ccc2c(c1)sc(=O)n2N. The highest BCUT2D eigenvalue weighted by molar-refractivity contribution is 7.16. The molecule has 0 saturated heterocycles. The van der Waals surface area contributed by atoms with E-state index in [1.54, 1.807) is 0 Å². The summed E-state index contributed by atoms with van der Waals surface area (Å²) in [4.78, 5) is 11.0. The van der Waals surface area contributed by atoms with Crippen molar-refractivity contribution in [3.05, 3.63) is 33.4 Å². The zero-order chi connectivity index (χ0) is 8.72. The molecule has 0 fully saturated rings. The van der Waals surface area contributed by atoms with E-state index in [-0.39, 0.29) is 4.87 Å². The van der Waals surface area contributed by atoms with Crippen LogP contribution in [-0.2, 0) is 0 Å². The van der Waals surface area contributed by atoms with E-state index in [2.05, 4.69) is 0 Å². The van der Waals surface area contributed by atoms with Crippen molar-refractivity contribution < 1.29 is 0 Å². The summed E-state index contributed by atoms with van der Waals surface area (Å²) in [5.74, 6) is 5.50. The highest BCUT2D eigenvalue weighted by Crippen LogP contribution is 2.16. The zero-order valence-corrected chi connectivity index (χ0v) is 7.39. The van der Waals surface area contributed by atoms with Gasteiger partial charge < -0.3 is 5.84 Å². The fourth-order valence-corrected chi connectivity index (χ4v) is 2.04. The van der Waals surface area contributed by atoms with Crippen molar-refractivity contribution in [2.24, 2.45) is 0 Å². The van der Waals surface area contributed by atoms with E-state index in [4.69, 9.17) is 5.84 Å². The molecule has 2 rings (SSSR count). The van der Waals surface area contributed by atoms with E-state index >= 15 is 0 Å². The van der Waals surface area contributed by atoms with E-state index in [1.165, 1.54) is 16.0 Å². The molecule has 1 aromatic heterocycles. The molecular formula is C8H8N2OS. The topological polar surface area (TPSA) is 48.0 Å². The first-order chi connectivity index (χ1) is 5.68. The second-order valence-electron chi connectivity index (χ2n) is 2.71. The molecule has 0 atom stereocenters. The largest absolute Gasteiger partial charge is 0.335 e. The Kier molecular flexibility index (Phi) is 1.44. The zero-order valence-electron chi connectivity index (χ0n) is 6.57. The summed E-state index contributed by atoms with van der Waals surface area (Å²) in [5.41, 5.74) is 1.94. The first-order valence-corrected chi connectivity index (χ1v) is 4.37. The number of fused-ring (bicyclic) bond motifs is 1. The number of thiazole rings is 1. The van der Waals surface area contributed by atoms with Crippen LogP contribution in [0.15, 0.2) is 23.0 Å². The predicted octanol–water partition coefficient (Wildman–Crippen LogP) is 1.09. The van der Waals surface area contributed by atoms with Crippen molar-refractivity contribution in [1.29, 1.82) is 0 Å². The molecule has 0 bridgehead atoms. The maximum absolute atomic E-state index is 11.1. The van der Waals surface area contributed by atoms with Gasteiger partial charge in [0.25, 0.3) is 0 Å². The van der Waals surface area contributed by atoms with Crippen LogP contribution in [0.4, 0.5) is 0 Å². The molecule has 0 radical (unpaired) electrons. The number of hydrogen-bond acceptors (Lipinski definition) is 3. The van der Waals surface area contributed by atoms with Gasteiger partial charge in [-0.05, 0) is 24.6 Å². The maximum atomic E-state index is 11.1. The molecule has 0 aliphatic rings. The Bertz CT molecular complexity index is 483. The van der Waals surface area contributed by atoms with Crippen molar-refractivity contribution in [3.8, 4) is 0 Å². The van der Waals surface area contributed by atoms with E-state index in [9.17, 15) is 4.79 Å². The van der Waals surface area contributed by atoms with Gasteiger partial charge in [0.15, 0.2) is 0 Å². The van der Waals surface area contributed by atoms with Gasteiger partial charge in [0, 0.05) is 0 Å². The Hall–Kier alpha value is -1.29. The molecular weight excluding hydrogens is 172 g/mol. The molecule has 1 heterocycles. The molecule has 2 N–H and O–H groups in total. The molecule has 0 amide bonds. The van der Waals surface area contributed by atoms with Crippen LogP contribution >= 0.6 is 11.3 Å². The first-order valence-electron chi connectivity index (χ1n) is 3.56. The number of nitrogen functional groups attached to an aromatic ring is 1. The van der Waals surface area contributed by atoms with Gasteiger partial charge in [0.2, 0.25) is 0 Å². The lowest BCUT2D eigenvalue weighted by Crippen LogP contribution is -2.20. The first kappa shape index (κ1) is 7.36. The van der Waals surface area contributed by atoms with Crippen molar-refractivity contribution in [1.82, 2.24) is 4.68 Å². The van der Waals surface area contributed by atoms with Crippen LogP contribution in [0.5, 0.6) is 0 Å². The summed E-state index contributed by atoms with van der Waals surface area (Å²) >= 11 is 1.18. The summed E-state index contributed by atoms with van der Waals surface area (Å²) in [6, 6.07) is 5.77. The lowest BCUT2D eigenvalue weighted by atomic mass is 10.2. The van der Waals surface area contributed by atoms with Gasteiger partial charge in [-0.2, -0.15) is 0 Å². The third kappa shape index (κ3) is 0.921. The van der Waals surface area contributed by atoms with Crippen LogP contribution in [0.2, 0.25) is 0 Å². The highest BCUT2D eigenvalue weighted by atomic mass is 32.1. The Morgan fingerprint density at radius 2 is 2.25 bits per heavy atom. The summed E-state index contributed by atoms with van der Waals surface area (Å²) < 4.78 is 2.13. The van der Waals surface area contributed by atoms with Gasteiger partial charge in [0.05, 0.1) is 10.2 Å². The second-order valence-corrected chi connectivity index (χ2v) is 3.70. The van der Waals surface area contributed by atoms with Crippen LogP contribution in [-0.4, -0.2) is 4.68 Å². The Balaban J connectivity index is 2.96. The second kappa shape index (κ2) is 2.35. The third-order valence-corrected chi connectivity index (χ3v) is 2.69. The van der Waals surface area contributed by atoms with Crippen LogP contribution < -0.4 is 10.7 Å². The van der Waals surface area contributed by atoms with Gasteiger partial charge in [-0.3, -0.25) is 4.79 Å².